The molecule has 0 fully saturated rings. The minimum absolute atomic E-state index is 0.0751. The Labute approximate surface area is 148 Å². The fraction of sp³-hybridized carbons (Fsp3) is 0.727. The first kappa shape index (κ1) is 17.8. The summed E-state index contributed by atoms with van der Waals surface area (Å²) in [6.45, 7) is 6.23. The Balaban J connectivity index is 1.50. The van der Waals surface area contributed by atoms with Gasteiger partial charge in [0.15, 0.2) is 0 Å². The van der Waals surface area contributed by atoms with E-state index in [0.717, 1.165) is 31.8 Å². The third-order valence-corrected chi connectivity index (χ3v) is 5.65. The molecule has 0 aromatic carbocycles. The van der Waals surface area contributed by atoms with E-state index in [0.29, 0.717) is 11.8 Å². The van der Waals surface area contributed by atoms with Crippen LogP contribution in [0.25, 0.3) is 0 Å². The van der Waals surface area contributed by atoms with Crippen molar-refractivity contribution in [3.63, 3.8) is 0 Å². The summed E-state index contributed by atoms with van der Waals surface area (Å²) < 4.78 is 12.6. The monoisotopic (exact) mass is 330 g/mol. The van der Waals surface area contributed by atoms with Gasteiger partial charge in [0.25, 0.3) is 0 Å². The van der Waals surface area contributed by atoms with Crippen molar-refractivity contribution in [2.24, 2.45) is 11.8 Å². The summed E-state index contributed by atoms with van der Waals surface area (Å²) in [6, 6.07) is 0. The Morgan fingerprint density at radius 3 is 2.88 bits per heavy atom. The van der Waals surface area contributed by atoms with E-state index in [2.05, 4.69) is 38.2 Å². The lowest BCUT2D eigenvalue weighted by molar-refractivity contribution is -0.0502. The SMILES string of the molecule is CC1C=C(OCC2CC=CCC2)CC(C)(OCC2=CCCCC2)C1. The van der Waals surface area contributed by atoms with Crippen LogP contribution in [0.4, 0.5) is 0 Å². The molecule has 134 valence electrons. The fourth-order valence-electron chi connectivity index (χ4n) is 4.30. The summed E-state index contributed by atoms with van der Waals surface area (Å²) >= 11 is 0. The van der Waals surface area contributed by atoms with E-state index < -0.39 is 0 Å². The highest BCUT2D eigenvalue weighted by atomic mass is 16.5. The molecule has 0 aromatic rings. The van der Waals surface area contributed by atoms with Crippen LogP contribution >= 0.6 is 0 Å². The molecule has 0 spiro atoms. The van der Waals surface area contributed by atoms with Crippen molar-refractivity contribution >= 4 is 0 Å². The maximum Gasteiger partial charge on any atom is 0.0951 e. The quantitative estimate of drug-likeness (QED) is 0.560. The highest BCUT2D eigenvalue weighted by Gasteiger charge is 2.33. The summed E-state index contributed by atoms with van der Waals surface area (Å²) in [5, 5.41) is 0. The van der Waals surface area contributed by atoms with Crippen LogP contribution in [-0.2, 0) is 9.47 Å². The van der Waals surface area contributed by atoms with Crippen LogP contribution < -0.4 is 0 Å². The molecule has 0 amide bonds. The predicted octanol–water partition coefficient (Wildman–Crippen LogP) is 5.95. The molecule has 3 aliphatic carbocycles. The number of ether oxygens (including phenoxy) is 2. The van der Waals surface area contributed by atoms with Crippen molar-refractivity contribution < 1.29 is 9.47 Å². The molecule has 2 heteroatoms. The van der Waals surface area contributed by atoms with E-state index in [9.17, 15) is 0 Å². The molecule has 0 heterocycles. The first-order valence-electron chi connectivity index (χ1n) is 9.93. The molecule has 2 nitrogen and oxygen atoms in total. The Bertz CT molecular complexity index is 502. The van der Waals surface area contributed by atoms with Crippen molar-refractivity contribution in [3.05, 3.63) is 35.6 Å². The summed E-state index contributed by atoms with van der Waals surface area (Å²) in [5.41, 5.74) is 1.43. The lowest BCUT2D eigenvalue weighted by Gasteiger charge is -2.37. The smallest absolute Gasteiger partial charge is 0.0951 e. The van der Waals surface area contributed by atoms with Crippen molar-refractivity contribution in [3.8, 4) is 0 Å². The van der Waals surface area contributed by atoms with E-state index in [1.54, 1.807) is 0 Å². The number of hydrogen-bond donors (Lipinski definition) is 0. The minimum Gasteiger partial charge on any atom is -0.498 e. The topological polar surface area (TPSA) is 18.5 Å². The second kappa shape index (κ2) is 8.38. The van der Waals surface area contributed by atoms with Crippen LogP contribution in [0.1, 0.15) is 71.6 Å². The molecular formula is C22H34O2. The molecule has 0 bridgehead atoms. The highest BCUT2D eigenvalue weighted by Crippen LogP contribution is 2.36. The van der Waals surface area contributed by atoms with Crippen LogP contribution in [0.5, 0.6) is 0 Å². The second-order valence-corrected chi connectivity index (χ2v) is 8.30. The largest absolute Gasteiger partial charge is 0.498 e. The highest BCUT2D eigenvalue weighted by molar-refractivity contribution is 5.10. The van der Waals surface area contributed by atoms with Gasteiger partial charge in [0.1, 0.15) is 0 Å². The number of rotatable bonds is 6. The Kier molecular flexibility index (Phi) is 6.21. The molecule has 3 rings (SSSR count). The van der Waals surface area contributed by atoms with Gasteiger partial charge in [-0.3, -0.25) is 0 Å². The van der Waals surface area contributed by atoms with Crippen molar-refractivity contribution in [2.45, 2.75) is 77.2 Å². The van der Waals surface area contributed by atoms with E-state index in [1.165, 1.54) is 50.5 Å². The van der Waals surface area contributed by atoms with Gasteiger partial charge in [-0.15, -0.1) is 0 Å². The van der Waals surface area contributed by atoms with Crippen molar-refractivity contribution in [2.75, 3.05) is 13.2 Å². The lowest BCUT2D eigenvalue weighted by Crippen LogP contribution is -2.35. The molecule has 0 aliphatic heterocycles. The molecule has 0 saturated carbocycles. The summed E-state index contributed by atoms with van der Waals surface area (Å²) in [7, 11) is 0. The lowest BCUT2D eigenvalue weighted by atomic mass is 9.83. The maximum absolute atomic E-state index is 6.40. The van der Waals surface area contributed by atoms with E-state index in [4.69, 9.17) is 9.47 Å². The molecule has 0 N–H and O–H groups in total. The van der Waals surface area contributed by atoms with Crippen LogP contribution in [0.2, 0.25) is 0 Å². The minimum atomic E-state index is -0.0751. The summed E-state index contributed by atoms with van der Waals surface area (Å²) in [5.74, 6) is 2.38. The van der Waals surface area contributed by atoms with Gasteiger partial charge in [0, 0.05) is 6.42 Å². The Morgan fingerprint density at radius 2 is 2.12 bits per heavy atom. The zero-order valence-electron chi connectivity index (χ0n) is 15.6. The molecule has 24 heavy (non-hydrogen) atoms. The average molecular weight is 331 g/mol. The summed E-state index contributed by atoms with van der Waals surface area (Å²) in [6.07, 6.45) is 20.1. The standard InChI is InChI=1S/C22H34O2/c1-18-13-21(23-16-19-9-5-3-6-10-19)15-22(2,14-18)24-17-20-11-7-4-8-12-20/h3,5,11,13,18-19H,4,6-10,12,14-17H2,1-2H3. The molecule has 0 saturated heterocycles. The van der Waals surface area contributed by atoms with Crippen LogP contribution in [0, 0.1) is 11.8 Å². The Hall–Kier alpha value is -1.02. The van der Waals surface area contributed by atoms with Gasteiger partial charge in [-0.2, -0.15) is 0 Å². The molecule has 3 aliphatic rings. The van der Waals surface area contributed by atoms with Gasteiger partial charge in [-0.1, -0.05) is 25.2 Å². The normalized spacial score (nSPS) is 33.8. The average Bonchev–Trinajstić information content (AvgIpc) is 2.59. The molecule has 3 atom stereocenters. The number of hydrogen-bond acceptors (Lipinski definition) is 2. The molecular weight excluding hydrogens is 296 g/mol. The van der Waals surface area contributed by atoms with Gasteiger partial charge in [0.2, 0.25) is 0 Å². The summed E-state index contributed by atoms with van der Waals surface area (Å²) in [4.78, 5) is 0. The fourth-order valence-corrected chi connectivity index (χ4v) is 4.30. The molecule has 3 unspecified atom stereocenters. The van der Waals surface area contributed by atoms with E-state index in [1.807, 2.05) is 0 Å². The van der Waals surface area contributed by atoms with Gasteiger partial charge in [-0.05, 0) is 81.8 Å². The first-order valence-corrected chi connectivity index (χ1v) is 9.93. The number of allylic oxidation sites excluding steroid dienone is 4. The molecule has 0 radical (unpaired) electrons. The second-order valence-electron chi connectivity index (χ2n) is 8.30. The maximum atomic E-state index is 6.40. The van der Waals surface area contributed by atoms with Crippen LogP contribution in [0.3, 0.4) is 0 Å². The zero-order chi connectivity index (χ0) is 16.8. The molecule has 0 aromatic heterocycles. The first-order chi connectivity index (χ1) is 11.6. The van der Waals surface area contributed by atoms with Crippen LogP contribution in [-0.4, -0.2) is 18.8 Å². The van der Waals surface area contributed by atoms with E-state index in [-0.39, 0.29) is 5.60 Å². The van der Waals surface area contributed by atoms with Gasteiger partial charge >= 0.3 is 0 Å². The third kappa shape index (κ3) is 5.24. The van der Waals surface area contributed by atoms with Crippen LogP contribution in [0.15, 0.2) is 35.6 Å². The van der Waals surface area contributed by atoms with Gasteiger partial charge < -0.3 is 9.47 Å². The van der Waals surface area contributed by atoms with Gasteiger partial charge in [0.05, 0.1) is 24.6 Å². The van der Waals surface area contributed by atoms with Gasteiger partial charge in [-0.25, -0.2) is 0 Å². The third-order valence-electron chi connectivity index (χ3n) is 5.65. The van der Waals surface area contributed by atoms with Crippen molar-refractivity contribution in [1.29, 1.82) is 0 Å². The Morgan fingerprint density at radius 1 is 1.21 bits per heavy atom. The van der Waals surface area contributed by atoms with Crippen molar-refractivity contribution in [1.82, 2.24) is 0 Å². The zero-order valence-corrected chi connectivity index (χ0v) is 15.6. The van der Waals surface area contributed by atoms with E-state index >= 15 is 0 Å². The predicted molar refractivity (Wildman–Crippen MR) is 99.8 cm³/mol.